The van der Waals surface area contributed by atoms with Gasteiger partial charge < -0.3 is 5.73 Å². The van der Waals surface area contributed by atoms with Gasteiger partial charge in [-0.3, -0.25) is 4.90 Å². The van der Waals surface area contributed by atoms with Crippen molar-refractivity contribution in [3.05, 3.63) is 12.2 Å². The number of hydrogen-bond donors (Lipinski definition) is 1. The molecule has 1 aromatic rings. The molecule has 5 nitrogen and oxygen atoms in total. The Balaban J connectivity index is 2.59. The molecule has 0 saturated carbocycles. The highest BCUT2D eigenvalue weighted by Gasteiger charge is 2.14. The van der Waals surface area contributed by atoms with E-state index in [0.717, 1.165) is 0 Å². The lowest BCUT2D eigenvalue weighted by atomic mass is 10.4. The summed E-state index contributed by atoms with van der Waals surface area (Å²) in [6.45, 7) is 3.47. The molecule has 0 atom stereocenters. The zero-order valence-corrected chi connectivity index (χ0v) is 9.31. The second-order valence-electron chi connectivity index (χ2n) is 3.41. The van der Waals surface area contributed by atoms with Crippen LogP contribution >= 0.6 is 0 Å². The Kier molecular flexibility index (Phi) is 5.27. The molecular formula is C9H17F2N5. The SMILES string of the molecule is CCn1ncnc1CN(CCN)CC(F)F. The van der Waals surface area contributed by atoms with E-state index in [2.05, 4.69) is 10.1 Å². The molecule has 0 radical (unpaired) electrons. The third-order valence-electron chi connectivity index (χ3n) is 2.20. The van der Waals surface area contributed by atoms with E-state index in [-0.39, 0.29) is 6.54 Å². The molecule has 2 N–H and O–H groups in total. The molecule has 0 bridgehead atoms. The maximum absolute atomic E-state index is 12.3. The Labute approximate surface area is 93.2 Å². The zero-order valence-electron chi connectivity index (χ0n) is 9.31. The molecule has 0 amide bonds. The van der Waals surface area contributed by atoms with Crippen LogP contribution in [0.3, 0.4) is 0 Å². The van der Waals surface area contributed by atoms with Crippen molar-refractivity contribution in [1.29, 1.82) is 0 Å². The zero-order chi connectivity index (χ0) is 12.0. The maximum Gasteiger partial charge on any atom is 0.251 e. The van der Waals surface area contributed by atoms with Crippen LogP contribution < -0.4 is 5.73 Å². The third kappa shape index (κ3) is 3.82. The van der Waals surface area contributed by atoms with E-state index in [9.17, 15) is 8.78 Å². The van der Waals surface area contributed by atoms with Crippen LogP contribution in [0.1, 0.15) is 12.7 Å². The van der Waals surface area contributed by atoms with Gasteiger partial charge in [-0.05, 0) is 6.92 Å². The Morgan fingerprint density at radius 1 is 1.56 bits per heavy atom. The van der Waals surface area contributed by atoms with Gasteiger partial charge in [0.1, 0.15) is 12.2 Å². The van der Waals surface area contributed by atoms with Crippen LogP contribution in [0.25, 0.3) is 0 Å². The molecule has 0 aliphatic heterocycles. The molecule has 7 heteroatoms. The summed E-state index contributed by atoms with van der Waals surface area (Å²) in [5.41, 5.74) is 5.38. The second kappa shape index (κ2) is 6.49. The normalized spacial score (nSPS) is 11.6. The summed E-state index contributed by atoms with van der Waals surface area (Å²) in [6.07, 6.45) is -0.925. The molecule has 0 aliphatic carbocycles. The van der Waals surface area contributed by atoms with Crippen molar-refractivity contribution in [3.8, 4) is 0 Å². The molecule has 0 unspecified atom stereocenters. The van der Waals surface area contributed by atoms with Gasteiger partial charge in [-0.2, -0.15) is 5.10 Å². The summed E-state index contributed by atoms with van der Waals surface area (Å²) >= 11 is 0. The number of nitrogens with zero attached hydrogens (tertiary/aromatic N) is 4. The standard InChI is InChI=1S/C9H17F2N5/c1-2-16-9(13-7-14-16)6-15(4-3-12)5-8(10)11/h7-8H,2-6,12H2,1H3. The Morgan fingerprint density at radius 2 is 2.31 bits per heavy atom. The van der Waals surface area contributed by atoms with Crippen molar-refractivity contribution in [3.63, 3.8) is 0 Å². The lowest BCUT2D eigenvalue weighted by molar-refractivity contribution is 0.0843. The Hall–Kier alpha value is -1.08. The molecule has 0 aliphatic rings. The first kappa shape index (κ1) is 13.0. The fraction of sp³-hybridized carbons (Fsp3) is 0.778. The molecule has 0 fully saturated rings. The maximum atomic E-state index is 12.3. The molecule has 0 aromatic carbocycles. The lowest BCUT2D eigenvalue weighted by Crippen LogP contribution is -2.34. The van der Waals surface area contributed by atoms with Gasteiger partial charge in [0.15, 0.2) is 0 Å². The van der Waals surface area contributed by atoms with E-state index in [1.54, 1.807) is 9.58 Å². The van der Waals surface area contributed by atoms with E-state index >= 15 is 0 Å². The monoisotopic (exact) mass is 233 g/mol. The summed E-state index contributed by atoms with van der Waals surface area (Å²) in [7, 11) is 0. The number of alkyl halides is 2. The fourth-order valence-electron chi connectivity index (χ4n) is 1.49. The van der Waals surface area contributed by atoms with Gasteiger partial charge >= 0.3 is 0 Å². The average Bonchev–Trinajstić information content (AvgIpc) is 2.64. The summed E-state index contributed by atoms with van der Waals surface area (Å²) < 4.78 is 26.3. The fourth-order valence-corrected chi connectivity index (χ4v) is 1.49. The van der Waals surface area contributed by atoms with Crippen molar-refractivity contribution < 1.29 is 8.78 Å². The van der Waals surface area contributed by atoms with E-state index in [1.165, 1.54) is 6.33 Å². The summed E-state index contributed by atoms with van der Waals surface area (Å²) in [5.74, 6) is 0.691. The van der Waals surface area contributed by atoms with Crippen molar-refractivity contribution >= 4 is 0 Å². The first-order valence-electron chi connectivity index (χ1n) is 5.24. The van der Waals surface area contributed by atoms with Crippen molar-refractivity contribution in [2.24, 2.45) is 5.73 Å². The number of halogens is 2. The van der Waals surface area contributed by atoms with Crippen LogP contribution in [0.4, 0.5) is 8.78 Å². The summed E-state index contributed by atoms with van der Waals surface area (Å²) in [6, 6.07) is 0. The average molecular weight is 233 g/mol. The van der Waals surface area contributed by atoms with E-state index in [0.29, 0.717) is 32.0 Å². The lowest BCUT2D eigenvalue weighted by Gasteiger charge is -2.20. The van der Waals surface area contributed by atoms with E-state index in [1.807, 2.05) is 6.92 Å². The molecular weight excluding hydrogens is 216 g/mol. The van der Waals surface area contributed by atoms with Crippen molar-refractivity contribution in [2.45, 2.75) is 26.4 Å². The molecule has 1 heterocycles. The Bertz CT molecular complexity index is 302. The van der Waals surface area contributed by atoms with Gasteiger partial charge in [-0.25, -0.2) is 18.4 Å². The highest BCUT2D eigenvalue weighted by Crippen LogP contribution is 2.04. The van der Waals surface area contributed by atoms with Gasteiger partial charge in [0.25, 0.3) is 6.43 Å². The molecule has 16 heavy (non-hydrogen) atoms. The van der Waals surface area contributed by atoms with Gasteiger partial charge in [-0.15, -0.1) is 0 Å². The minimum atomic E-state index is -2.36. The van der Waals surface area contributed by atoms with Gasteiger partial charge in [0, 0.05) is 19.6 Å². The molecule has 1 rings (SSSR count). The summed E-state index contributed by atoms with van der Waals surface area (Å²) in [5, 5.41) is 3.99. The molecule has 0 saturated heterocycles. The minimum Gasteiger partial charge on any atom is -0.329 e. The first-order chi connectivity index (χ1) is 7.67. The van der Waals surface area contributed by atoms with Crippen molar-refractivity contribution in [1.82, 2.24) is 19.7 Å². The first-order valence-corrected chi connectivity index (χ1v) is 5.24. The largest absolute Gasteiger partial charge is 0.329 e. The van der Waals surface area contributed by atoms with Crippen LogP contribution in [0, 0.1) is 0 Å². The quantitative estimate of drug-likeness (QED) is 0.737. The van der Waals surface area contributed by atoms with E-state index in [4.69, 9.17) is 5.73 Å². The van der Waals surface area contributed by atoms with Gasteiger partial charge in [0.05, 0.1) is 13.1 Å². The smallest absolute Gasteiger partial charge is 0.251 e. The van der Waals surface area contributed by atoms with Crippen LogP contribution in [-0.2, 0) is 13.1 Å². The van der Waals surface area contributed by atoms with Gasteiger partial charge in [0.2, 0.25) is 0 Å². The Morgan fingerprint density at radius 3 is 2.88 bits per heavy atom. The number of hydrogen-bond acceptors (Lipinski definition) is 4. The highest BCUT2D eigenvalue weighted by atomic mass is 19.3. The summed E-state index contributed by atoms with van der Waals surface area (Å²) in [4.78, 5) is 5.63. The number of aromatic nitrogens is 3. The van der Waals surface area contributed by atoms with Gasteiger partial charge in [-0.1, -0.05) is 0 Å². The molecule has 1 aromatic heterocycles. The van der Waals surface area contributed by atoms with Crippen LogP contribution in [0.15, 0.2) is 6.33 Å². The van der Waals surface area contributed by atoms with Crippen LogP contribution in [0.5, 0.6) is 0 Å². The second-order valence-corrected chi connectivity index (χ2v) is 3.41. The number of nitrogens with two attached hydrogens (primary N) is 1. The highest BCUT2D eigenvalue weighted by molar-refractivity contribution is 4.84. The number of rotatable bonds is 7. The number of aryl methyl sites for hydroxylation is 1. The van der Waals surface area contributed by atoms with Crippen molar-refractivity contribution in [2.75, 3.05) is 19.6 Å². The van der Waals surface area contributed by atoms with Crippen LogP contribution in [-0.4, -0.2) is 45.7 Å². The predicted octanol–water partition coefficient (Wildman–Crippen LogP) is 0.324. The molecule has 92 valence electrons. The molecule has 0 spiro atoms. The third-order valence-corrected chi connectivity index (χ3v) is 2.20. The topological polar surface area (TPSA) is 60.0 Å². The van der Waals surface area contributed by atoms with Crippen LogP contribution in [0.2, 0.25) is 0 Å². The minimum absolute atomic E-state index is 0.284. The van der Waals surface area contributed by atoms with E-state index < -0.39 is 6.43 Å². The predicted molar refractivity (Wildman–Crippen MR) is 56.0 cm³/mol.